The molecule has 1 unspecified atom stereocenters. The lowest BCUT2D eigenvalue weighted by Gasteiger charge is -2.26. The molecule has 1 atom stereocenters. The van der Waals surface area contributed by atoms with Crippen LogP contribution in [0.5, 0.6) is 5.75 Å². The molecule has 1 heterocycles. The van der Waals surface area contributed by atoms with Crippen LogP contribution in [0.25, 0.3) is 0 Å². The second-order valence-corrected chi connectivity index (χ2v) is 7.14. The lowest BCUT2D eigenvalue weighted by Crippen LogP contribution is -2.41. The summed E-state index contributed by atoms with van der Waals surface area (Å²) in [5.41, 5.74) is 0.910. The molecule has 1 amide bonds. The number of methoxy groups -OCH3 is 1. The van der Waals surface area contributed by atoms with E-state index in [1.807, 2.05) is 41.8 Å². The maximum Gasteiger partial charge on any atom is 0.248 e. The van der Waals surface area contributed by atoms with Gasteiger partial charge in [0.25, 0.3) is 0 Å². The van der Waals surface area contributed by atoms with Crippen LogP contribution in [0.2, 0.25) is 0 Å². The number of carbonyl (C=O) groups is 1. The van der Waals surface area contributed by atoms with Crippen LogP contribution in [-0.4, -0.2) is 19.1 Å². The van der Waals surface area contributed by atoms with Gasteiger partial charge in [-0.25, -0.2) is 0 Å². The number of ether oxygens (including phenoxy) is 1. The van der Waals surface area contributed by atoms with Crippen molar-refractivity contribution < 1.29 is 9.53 Å². The molecule has 0 bridgehead atoms. The number of rotatable bonds is 6. The third-order valence-corrected chi connectivity index (χ3v) is 5.38. The highest BCUT2D eigenvalue weighted by molar-refractivity contribution is 7.10. The second-order valence-electron chi connectivity index (χ2n) is 6.16. The average molecular weight is 344 g/mol. The first-order valence-electron chi connectivity index (χ1n) is 8.50. The standard InChI is InChI=1S/C19H24N2O2S/c1-23-16-11-9-15(10-12-16)20-18(17-8-5-13-24-17)19(22)21-14-6-3-2-4-7-14/h5,8-14,18,20H,2-4,6-7H2,1H3,(H,21,22). The van der Waals surface area contributed by atoms with Crippen molar-refractivity contribution in [1.29, 1.82) is 0 Å². The van der Waals surface area contributed by atoms with Gasteiger partial charge in [-0.15, -0.1) is 11.3 Å². The highest BCUT2D eigenvalue weighted by atomic mass is 32.1. The fourth-order valence-electron chi connectivity index (χ4n) is 3.11. The summed E-state index contributed by atoms with van der Waals surface area (Å²) in [7, 11) is 1.65. The molecule has 1 fully saturated rings. The molecule has 3 rings (SSSR count). The van der Waals surface area contributed by atoms with E-state index in [4.69, 9.17) is 4.74 Å². The minimum absolute atomic E-state index is 0.0557. The summed E-state index contributed by atoms with van der Waals surface area (Å²) in [5.74, 6) is 0.861. The van der Waals surface area contributed by atoms with Gasteiger partial charge in [0, 0.05) is 16.6 Å². The Bertz CT molecular complexity index is 634. The van der Waals surface area contributed by atoms with Crippen LogP contribution in [0.15, 0.2) is 41.8 Å². The van der Waals surface area contributed by atoms with Crippen LogP contribution in [0, 0.1) is 0 Å². The van der Waals surface area contributed by atoms with Crippen LogP contribution >= 0.6 is 11.3 Å². The predicted octanol–water partition coefficient (Wildman–Crippen LogP) is 4.36. The molecule has 0 radical (unpaired) electrons. The molecule has 0 spiro atoms. The third kappa shape index (κ3) is 4.29. The van der Waals surface area contributed by atoms with Gasteiger partial charge in [-0.2, -0.15) is 0 Å². The van der Waals surface area contributed by atoms with E-state index in [0.717, 1.165) is 29.2 Å². The van der Waals surface area contributed by atoms with E-state index in [2.05, 4.69) is 10.6 Å². The summed E-state index contributed by atoms with van der Waals surface area (Å²) in [6.45, 7) is 0. The monoisotopic (exact) mass is 344 g/mol. The van der Waals surface area contributed by atoms with Gasteiger partial charge in [0.15, 0.2) is 0 Å². The number of hydrogen-bond donors (Lipinski definition) is 2. The number of thiophene rings is 1. The van der Waals surface area contributed by atoms with Crippen LogP contribution in [-0.2, 0) is 4.79 Å². The van der Waals surface area contributed by atoms with E-state index in [-0.39, 0.29) is 11.9 Å². The fourth-order valence-corrected chi connectivity index (χ4v) is 3.88. The molecule has 4 nitrogen and oxygen atoms in total. The van der Waals surface area contributed by atoms with Crippen LogP contribution in [0.1, 0.15) is 43.0 Å². The zero-order valence-corrected chi connectivity index (χ0v) is 14.8. The zero-order valence-electron chi connectivity index (χ0n) is 14.0. The lowest BCUT2D eigenvalue weighted by atomic mass is 9.95. The quantitative estimate of drug-likeness (QED) is 0.819. The third-order valence-electron chi connectivity index (χ3n) is 4.44. The number of benzene rings is 1. The first-order valence-corrected chi connectivity index (χ1v) is 9.38. The second kappa shape index (κ2) is 8.20. The molecule has 128 valence electrons. The number of nitrogens with one attached hydrogen (secondary N) is 2. The highest BCUT2D eigenvalue weighted by Crippen LogP contribution is 2.26. The van der Waals surface area contributed by atoms with Gasteiger partial charge in [-0.1, -0.05) is 25.3 Å². The van der Waals surface area contributed by atoms with Crippen molar-refractivity contribution in [1.82, 2.24) is 5.32 Å². The molecule has 2 N–H and O–H groups in total. The van der Waals surface area contributed by atoms with E-state index in [9.17, 15) is 4.79 Å². The molecule has 1 saturated carbocycles. The minimum Gasteiger partial charge on any atom is -0.497 e. The van der Waals surface area contributed by atoms with Gasteiger partial charge in [-0.05, 0) is 48.6 Å². The summed E-state index contributed by atoms with van der Waals surface area (Å²) >= 11 is 1.60. The molecule has 1 aliphatic carbocycles. The van der Waals surface area contributed by atoms with Gasteiger partial charge in [0.1, 0.15) is 11.8 Å². The molecular formula is C19H24N2O2S. The summed E-state index contributed by atoms with van der Waals surface area (Å²) < 4.78 is 5.19. The molecule has 2 aromatic rings. The smallest absolute Gasteiger partial charge is 0.248 e. The normalized spacial score (nSPS) is 16.4. The SMILES string of the molecule is COc1ccc(NC(C(=O)NC2CCCCC2)c2cccs2)cc1. The van der Waals surface area contributed by atoms with Crippen molar-refractivity contribution in [2.24, 2.45) is 0 Å². The number of anilines is 1. The molecule has 1 aliphatic rings. The molecule has 24 heavy (non-hydrogen) atoms. The van der Waals surface area contributed by atoms with E-state index < -0.39 is 0 Å². The zero-order chi connectivity index (χ0) is 16.8. The molecule has 1 aromatic carbocycles. The van der Waals surface area contributed by atoms with Gasteiger partial charge < -0.3 is 15.4 Å². The Morgan fingerprint density at radius 3 is 2.54 bits per heavy atom. The molecule has 0 aliphatic heterocycles. The number of amides is 1. The Hall–Kier alpha value is -2.01. The summed E-state index contributed by atoms with van der Waals surface area (Å²) in [6.07, 6.45) is 5.88. The maximum absolute atomic E-state index is 12.8. The van der Waals surface area contributed by atoms with E-state index in [1.54, 1.807) is 18.4 Å². The van der Waals surface area contributed by atoms with Crippen molar-refractivity contribution in [2.45, 2.75) is 44.2 Å². The van der Waals surface area contributed by atoms with Crippen LogP contribution in [0.4, 0.5) is 5.69 Å². The molecule has 1 aromatic heterocycles. The maximum atomic E-state index is 12.8. The highest BCUT2D eigenvalue weighted by Gasteiger charge is 2.24. The Morgan fingerprint density at radius 1 is 1.17 bits per heavy atom. The predicted molar refractivity (Wildman–Crippen MR) is 98.7 cm³/mol. The van der Waals surface area contributed by atoms with Crippen LogP contribution < -0.4 is 15.4 Å². The first-order chi connectivity index (χ1) is 11.8. The summed E-state index contributed by atoms with van der Waals surface area (Å²) in [5, 5.41) is 8.60. The largest absolute Gasteiger partial charge is 0.497 e. The topological polar surface area (TPSA) is 50.4 Å². The summed E-state index contributed by atoms with van der Waals surface area (Å²) in [6, 6.07) is 11.6. The molecule has 5 heteroatoms. The summed E-state index contributed by atoms with van der Waals surface area (Å²) in [4.78, 5) is 13.9. The van der Waals surface area contributed by atoms with Crippen molar-refractivity contribution >= 4 is 22.9 Å². The minimum atomic E-state index is -0.361. The Balaban J connectivity index is 1.71. The van der Waals surface area contributed by atoms with E-state index in [1.165, 1.54) is 19.3 Å². The van der Waals surface area contributed by atoms with Crippen molar-refractivity contribution in [3.05, 3.63) is 46.7 Å². The Morgan fingerprint density at radius 2 is 1.92 bits per heavy atom. The van der Waals surface area contributed by atoms with E-state index in [0.29, 0.717) is 6.04 Å². The van der Waals surface area contributed by atoms with Gasteiger partial charge >= 0.3 is 0 Å². The number of carbonyl (C=O) groups excluding carboxylic acids is 1. The molecular weight excluding hydrogens is 320 g/mol. The number of hydrogen-bond acceptors (Lipinski definition) is 4. The first kappa shape index (κ1) is 16.8. The Kier molecular flexibility index (Phi) is 5.75. The van der Waals surface area contributed by atoms with Gasteiger partial charge in [-0.3, -0.25) is 4.79 Å². The Labute approximate surface area is 147 Å². The lowest BCUT2D eigenvalue weighted by molar-refractivity contribution is -0.122. The molecule has 0 saturated heterocycles. The van der Waals surface area contributed by atoms with Crippen molar-refractivity contribution in [3.8, 4) is 5.75 Å². The van der Waals surface area contributed by atoms with Gasteiger partial charge in [0.05, 0.1) is 7.11 Å². The van der Waals surface area contributed by atoms with Crippen molar-refractivity contribution in [3.63, 3.8) is 0 Å². The van der Waals surface area contributed by atoms with Crippen LogP contribution in [0.3, 0.4) is 0 Å². The van der Waals surface area contributed by atoms with Crippen molar-refractivity contribution in [2.75, 3.05) is 12.4 Å². The fraction of sp³-hybridized carbons (Fsp3) is 0.421. The average Bonchev–Trinajstić information content (AvgIpc) is 3.15. The van der Waals surface area contributed by atoms with Gasteiger partial charge in [0.2, 0.25) is 5.91 Å². The van der Waals surface area contributed by atoms with E-state index >= 15 is 0 Å².